The van der Waals surface area contributed by atoms with E-state index in [0.717, 1.165) is 18.5 Å². The normalized spacial score (nSPS) is 25.3. The number of nitrogens with zero attached hydrogens (tertiary/aromatic N) is 3. The molecule has 2 saturated carbocycles. The van der Waals surface area contributed by atoms with Crippen molar-refractivity contribution in [3.8, 4) is 17.0 Å². The number of alkyl halides is 2. The first-order chi connectivity index (χ1) is 14.5. The number of nitrogen functional groups attached to an aromatic ring is 1. The molecule has 170 valence electrons. The van der Waals surface area contributed by atoms with Gasteiger partial charge in [0.15, 0.2) is 11.6 Å². The van der Waals surface area contributed by atoms with Gasteiger partial charge in [-0.1, -0.05) is 0 Å². The standard InChI is InChI=1S/C22H30F2N4O3/c1-11(2)28-17(19-14-6-13(7-15(14)19)30-10-22(3,4)29)8-16(27-28)12-5-18(31-21(23)24)20(25)26-9-12/h5,8-9,11,13-15,19,21,29H,6-7,10H2,1-4H3,(H2,25,26). The first-order valence-electron chi connectivity index (χ1n) is 10.7. The lowest BCUT2D eigenvalue weighted by atomic mass is 10.0. The van der Waals surface area contributed by atoms with Crippen molar-refractivity contribution < 1.29 is 23.4 Å². The first-order valence-corrected chi connectivity index (χ1v) is 10.7. The van der Waals surface area contributed by atoms with Crippen LogP contribution in [-0.4, -0.2) is 44.8 Å². The summed E-state index contributed by atoms with van der Waals surface area (Å²) in [5, 5.41) is 14.6. The third-order valence-electron chi connectivity index (χ3n) is 6.06. The Labute approximate surface area is 180 Å². The summed E-state index contributed by atoms with van der Waals surface area (Å²) >= 11 is 0. The molecule has 0 spiro atoms. The Morgan fingerprint density at radius 1 is 1.26 bits per heavy atom. The molecule has 0 aromatic carbocycles. The molecule has 4 rings (SSSR count). The molecule has 0 radical (unpaired) electrons. The van der Waals surface area contributed by atoms with Crippen LogP contribution in [0.3, 0.4) is 0 Å². The second-order valence-corrected chi connectivity index (χ2v) is 9.55. The van der Waals surface area contributed by atoms with E-state index in [2.05, 4.69) is 23.6 Å². The number of ether oxygens (including phenoxy) is 2. The van der Waals surface area contributed by atoms with Crippen molar-refractivity contribution >= 4 is 5.82 Å². The van der Waals surface area contributed by atoms with Crippen LogP contribution < -0.4 is 10.5 Å². The van der Waals surface area contributed by atoms with Crippen molar-refractivity contribution in [2.45, 2.75) is 70.8 Å². The number of hydrogen-bond acceptors (Lipinski definition) is 6. The number of nitrogens with two attached hydrogens (primary N) is 1. The maximum Gasteiger partial charge on any atom is 0.387 e. The molecule has 0 aliphatic heterocycles. The molecule has 7 nitrogen and oxygen atoms in total. The van der Waals surface area contributed by atoms with Gasteiger partial charge in [0.1, 0.15) is 0 Å². The van der Waals surface area contributed by atoms with Gasteiger partial charge in [-0.2, -0.15) is 13.9 Å². The summed E-state index contributed by atoms with van der Waals surface area (Å²) in [5.41, 5.74) is 7.23. The smallest absolute Gasteiger partial charge is 0.387 e. The average Bonchev–Trinajstić information content (AvgIpc) is 3.04. The minimum Gasteiger partial charge on any atom is -0.431 e. The van der Waals surface area contributed by atoms with Crippen molar-refractivity contribution in [1.29, 1.82) is 0 Å². The van der Waals surface area contributed by atoms with Crippen molar-refractivity contribution in [3.05, 3.63) is 24.0 Å². The molecule has 2 aliphatic carbocycles. The number of fused-ring (bicyclic) bond motifs is 1. The van der Waals surface area contributed by atoms with Gasteiger partial charge in [-0.3, -0.25) is 4.68 Å². The van der Waals surface area contributed by atoms with E-state index < -0.39 is 12.2 Å². The lowest BCUT2D eigenvalue weighted by molar-refractivity contribution is -0.0543. The average molecular weight is 437 g/mol. The van der Waals surface area contributed by atoms with Crippen LogP contribution >= 0.6 is 0 Å². The largest absolute Gasteiger partial charge is 0.431 e. The Morgan fingerprint density at radius 3 is 2.52 bits per heavy atom. The molecular formula is C22H30F2N4O3. The van der Waals surface area contributed by atoms with Gasteiger partial charge in [0.2, 0.25) is 0 Å². The van der Waals surface area contributed by atoms with Crippen LogP contribution in [0.15, 0.2) is 18.3 Å². The highest BCUT2D eigenvalue weighted by Gasteiger charge is 2.58. The van der Waals surface area contributed by atoms with E-state index in [1.807, 2.05) is 10.7 Å². The molecule has 2 atom stereocenters. The molecule has 3 N–H and O–H groups in total. The number of halogens is 2. The predicted molar refractivity (Wildman–Crippen MR) is 112 cm³/mol. The zero-order valence-corrected chi connectivity index (χ0v) is 18.3. The van der Waals surface area contributed by atoms with Gasteiger partial charge in [-0.05, 0) is 64.5 Å². The zero-order valence-electron chi connectivity index (χ0n) is 18.3. The fourth-order valence-electron chi connectivity index (χ4n) is 4.69. The molecule has 0 saturated heterocycles. The molecular weight excluding hydrogens is 406 g/mol. The maximum absolute atomic E-state index is 12.7. The number of aromatic nitrogens is 3. The number of aliphatic hydroxyl groups is 1. The van der Waals surface area contributed by atoms with Gasteiger partial charge in [0, 0.05) is 29.4 Å². The van der Waals surface area contributed by atoms with Crippen LogP contribution in [0.25, 0.3) is 11.3 Å². The van der Waals surface area contributed by atoms with Crippen LogP contribution in [-0.2, 0) is 4.74 Å². The summed E-state index contributed by atoms with van der Waals surface area (Å²) in [5.74, 6) is 1.25. The highest BCUT2D eigenvalue weighted by molar-refractivity contribution is 5.64. The summed E-state index contributed by atoms with van der Waals surface area (Å²) in [4.78, 5) is 3.99. The summed E-state index contributed by atoms with van der Waals surface area (Å²) in [6.07, 6.45) is 3.65. The zero-order chi connectivity index (χ0) is 22.5. The Hall–Kier alpha value is -2.26. The molecule has 0 bridgehead atoms. The van der Waals surface area contributed by atoms with Crippen LogP contribution in [0.4, 0.5) is 14.6 Å². The Morgan fingerprint density at radius 2 is 1.94 bits per heavy atom. The van der Waals surface area contributed by atoms with E-state index in [1.54, 1.807) is 13.8 Å². The second kappa shape index (κ2) is 8.02. The lowest BCUT2D eigenvalue weighted by Gasteiger charge is -2.22. The van der Waals surface area contributed by atoms with Crippen LogP contribution in [0.5, 0.6) is 5.75 Å². The summed E-state index contributed by atoms with van der Waals surface area (Å²) in [6, 6.07) is 3.64. The fraction of sp³-hybridized carbons (Fsp3) is 0.636. The Kier molecular flexibility index (Phi) is 5.68. The number of rotatable bonds is 8. The van der Waals surface area contributed by atoms with Gasteiger partial charge in [-0.25, -0.2) is 4.98 Å². The summed E-state index contributed by atoms with van der Waals surface area (Å²) < 4.78 is 37.7. The van der Waals surface area contributed by atoms with Gasteiger partial charge in [-0.15, -0.1) is 0 Å². The van der Waals surface area contributed by atoms with Crippen molar-refractivity contribution in [1.82, 2.24) is 14.8 Å². The Balaban J connectivity index is 1.52. The van der Waals surface area contributed by atoms with Gasteiger partial charge in [0.25, 0.3) is 0 Å². The highest BCUT2D eigenvalue weighted by atomic mass is 19.3. The molecule has 2 unspecified atom stereocenters. The lowest BCUT2D eigenvalue weighted by Crippen LogP contribution is -2.29. The molecule has 2 aliphatic rings. The molecule has 0 amide bonds. The van der Waals surface area contributed by atoms with E-state index in [9.17, 15) is 13.9 Å². The van der Waals surface area contributed by atoms with E-state index in [-0.39, 0.29) is 23.7 Å². The molecule has 9 heteroatoms. The number of hydrogen-bond donors (Lipinski definition) is 2. The van der Waals surface area contributed by atoms with Crippen LogP contribution in [0.1, 0.15) is 58.2 Å². The van der Waals surface area contributed by atoms with E-state index >= 15 is 0 Å². The second-order valence-electron chi connectivity index (χ2n) is 9.55. The Bertz CT molecular complexity index is 929. The monoisotopic (exact) mass is 436 g/mol. The SMILES string of the molecule is CC(C)n1nc(-c2cnc(N)c(OC(F)F)c2)cc1C1C2CC(OCC(C)(C)O)CC21. The van der Waals surface area contributed by atoms with Crippen molar-refractivity contribution in [3.63, 3.8) is 0 Å². The van der Waals surface area contributed by atoms with E-state index in [1.165, 1.54) is 12.3 Å². The third-order valence-corrected chi connectivity index (χ3v) is 6.06. The van der Waals surface area contributed by atoms with Crippen LogP contribution in [0.2, 0.25) is 0 Å². The summed E-state index contributed by atoms with van der Waals surface area (Å²) in [6.45, 7) is 5.00. The number of pyridine rings is 1. The maximum atomic E-state index is 12.7. The molecule has 2 aromatic rings. The van der Waals surface area contributed by atoms with Gasteiger partial charge in [0.05, 0.1) is 24.0 Å². The van der Waals surface area contributed by atoms with Crippen LogP contribution in [0, 0.1) is 11.8 Å². The minimum absolute atomic E-state index is 0.0820. The van der Waals surface area contributed by atoms with E-state index in [0.29, 0.717) is 35.6 Å². The number of anilines is 1. The van der Waals surface area contributed by atoms with E-state index in [4.69, 9.17) is 15.6 Å². The fourth-order valence-corrected chi connectivity index (χ4v) is 4.69. The highest BCUT2D eigenvalue weighted by Crippen LogP contribution is 2.64. The molecule has 2 heterocycles. The molecule has 2 fully saturated rings. The van der Waals surface area contributed by atoms with Crippen molar-refractivity contribution in [2.75, 3.05) is 12.3 Å². The predicted octanol–water partition coefficient (Wildman–Crippen LogP) is 3.99. The quantitative estimate of drug-likeness (QED) is 0.650. The van der Waals surface area contributed by atoms with Gasteiger partial charge >= 0.3 is 6.61 Å². The van der Waals surface area contributed by atoms with Gasteiger partial charge < -0.3 is 20.3 Å². The first kappa shape index (κ1) is 22.0. The topological polar surface area (TPSA) is 95.4 Å². The minimum atomic E-state index is -2.97. The third kappa shape index (κ3) is 4.67. The van der Waals surface area contributed by atoms with Crippen molar-refractivity contribution in [2.24, 2.45) is 11.8 Å². The molecule has 31 heavy (non-hydrogen) atoms. The molecule has 2 aromatic heterocycles. The summed E-state index contributed by atoms with van der Waals surface area (Å²) in [7, 11) is 0.